The number of rotatable bonds is 3. The van der Waals surface area contributed by atoms with Crippen molar-refractivity contribution in [1.29, 1.82) is 0 Å². The lowest BCUT2D eigenvalue weighted by molar-refractivity contribution is -0.116. The molecule has 0 saturated heterocycles. The maximum absolute atomic E-state index is 13.6. The van der Waals surface area contributed by atoms with Gasteiger partial charge in [-0.3, -0.25) is 9.52 Å². The molecule has 120 valence electrons. The van der Waals surface area contributed by atoms with E-state index in [1.807, 2.05) is 0 Å². The van der Waals surface area contributed by atoms with Crippen LogP contribution in [0, 0.1) is 5.82 Å². The Morgan fingerprint density at radius 1 is 1.17 bits per heavy atom. The highest BCUT2D eigenvalue weighted by Gasteiger charge is 2.20. The largest absolute Gasteiger partial charge is 0.491 e. The monoisotopic (exact) mass is 336 g/mol. The van der Waals surface area contributed by atoms with Gasteiger partial charge in [-0.05, 0) is 30.3 Å². The molecule has 0 saturated carbocycles. The summed E-state index contributed by atoms with van der Waals surface area (Å²) in [6.45, 7) is 0.221. The number of ether oxygens (including phenoxy) is 1. The average molecular weight is 336 g/mol. The molecule has 1 heterocycles. The van der Waals surface area contributed by atoms with Gasteiger partial charge < -0.3 is 10.1 Å². The topological polar surface area (TPSA) is 84.5 Å². The summed E-state index contributed by atoms with van der Waals surface area (Å²) in [6, 6.07) is 9.52. The van der Waals surface area contributed by atoms with Crippen molar-refractivity contribution in [3.63, 3.8) is 0 Å². The zero-order chi connectivity index (χ0) is 16.4. The van der Waals surface area contributed by atoms with Crippen molar-refractivity contribution in [2.45, 2.75) is 11.3 Å². The van der Waals surface area contributed by atoms with Crippen LogP contribution in [-0.4, -0.2) is 20.9 Å². The third kappa shape index (κ3) is 3.26. The Balaban J connectivity index is 1.95. The van der Waals surface area contributed by atoms with Crippen LogP contribution in [0.2, 0.25) is 0 Å². The maximum Gasteiger partial charge on any atom is 0.262 e. The molecule has 0 radical (unpaired) electrons. The molecular weight excluding hydrogens is 323 g/mol. The highest BCUT2D eigenvalue weighted by atomic mass is 32.2. The van der Waals surface area contributed by atoms with Crippen LogP contribution in [0.1, 0.15) is 6.42 Å². The second-order valence-electron chi connectivity index (χ2n) is 4.89. The predicted octanol–water partition coefficient (Wildman–Crippen LogP) is 2.35. The van der Waals surface area contributed by atoms with Gasteiger partial charge in [0, 0.05) is 0 Å². The van der Waals surface area contributed by atoms with Crippen molar-refractivity contribution in [3.05, 3.63) is 48.3 Å². The van der Waals surface area contributed by atoms with E-state index in [1.54, 1.807) is 0 Å². The average Bonchev–Trinajstić information content (AvgIpc) is 2.69. The van der Waals surface area contributed by atoms with Crippen molar-refractivity contribution in [1.82, 2.24) is 0 Å². The zero-order valence-electron chi connectivity index (χ0n) is 11.9. The summed E-state index contributed by atoms with van der Waals surface area (Å²) in [4.78, 5) is 11.4. The maximum atomic E-state index is 13.6. The van der Waals surface area contributed by atoms with E-state index in [0.29, 0.717) is 5.75 Å². The lowest BCUT2D eigenvalue weighted by atomic mass is 10.3. The number of carbonyl (C=O) groups is 1. The van der Waals surface area contributed by atoms with Gasteiger partial charge in [-0.25, -0.2) is 12.8 Å². The molecule has 6 nitrogen and oxygen atoms in total. The van der Waals surface area contributed by atoms with Crippen LogP contribution in [0.3, 0.4) is 0 Å². The lowest BCUT2D eigenvalue weighted by Gasteiger charge is -2.12. The normalized spacial score (nSPS) is 14.2. The fourth-order valence-electron chi connectivity index (χ4n) is 2.11. The molecule has 0 atom stereocenters. The summed E-state index contributed by atoms with van der Waals surface area (Å²) in [5.74, 6) is -0.552. The van der Waals surface area contributed by atoms with Crippen molar-refractivity contribution in [2.24, 2.45) is 0 Å². The molecule has 1 aliphatic heterocycles. The summed E-state index contributed by atoms with van der Waals surface area (Å²) in [6.07, 6.45) is 0.185. The fourth-order valence-corrected chi connectivity index (χ4v) is 3.21. The fraction of sp³-hybridized carbons (Fsp3) is 0.133. The van der Waals surface area contributed by atoms with Gasteiger partial charge in [-0.2, -0.15) is 0 Å². The van der Waals surface area contributed by atoms with Crippen LogP contribution < -0.4 is 14.8 Å². The molecule has 2 aromatic carbocycles. The Hall–Kier alpha value is -2.61. The number of carbonyl (C=O) groups excluding carboxylic acids is 1. The van der Waals surface area contributed by atoms with Crippen LogP contribution in [0.15, 0.2) is 47.4 Å². The van der Waals surface area contributed by atoms with Crippen LogP contribution in [0.4, 0.5) is 15.8 Å². The van der Waals surface area contributed by atoms with Crippen LogP contribution in [0.5, 0.6) is 5.75 Å². The second kappa shape index (κ2) is 5.88. The number of anilines is 2. The molecule has 2 N–H and O–H groups in total. The van der Waals surface area contributed by atoms with Crippen molar-refractivity contribution in [2.75, 3.05) is 16.6 Å². The highest BCUT2D eigenvalue weighted by Crippen LogP contribution is 2.30. The standard InChI is InChI=1S/C15H13FN2O4S/c16-11-3-1-2-4-12(11)18-23(20,21)10-5-6-14-13(9-10)17-15(19)7-8-22-14/h1-6,9,18H,7-8H2,(H,17,19). The van der Waals surface area contributed by atoms with E-state index in [-0.39, 0.29) is 35.2 Å². The van der Waals surface area contributed by atoms with Gasteiger partial charge in [-0.15, -0.1) is 0 Å². The first-order valence-electron chi connectivity index (χ1n) is 6.80. The minimum Gasteiger partial charge on any atom is -0.491 e. The molecule has 0 aromatic heterocycles. The van der Waals surface area contributed by atoms with E-state index >= 15 is 0 Å². The van der Waals surface area contributed by atoms with E-state index in [0.717, 1.165) is 6.07 Å². The highest BCUT2D eigenvalue weighted by molar-refractivity contribution is 7.92. The van der Waals surface area contributed by atoms with E-state index in [1.165, 1.54) is 36.4 Å². The number of hydrogen-bond donors (Lipinski definition) is 2. The predicted molar refractivity (Wildman–Crippen MR) is 82.4 cm³/mol. The summed E-state index contributed by atoms with van der Waals surface area (Å²) < 4.78 is 45.9. The minimum absolute atomic E-state index is 0.106. The third-order valence-corrected chi connectivity index (χ3v) is 4.60. The molecule has 0 aliphatic carbocycles. The minimum atomic E-state index is -4.00. The molecule has 3 rings (SSSR count). The van der Waals surface area contributed by atoms with Crippen molar-refractivity contribution >= 4 is 27.3 Å². The third-order valence-electron chi connectivity index (χ3n) is 3.24. The SMILES string of the molecule is O=C1CCOc2ccc(S(=O)(=O)Nc3ccccc3F)cc2N1. The molecule has 0 bridgehead atoms. The van der Waals surface area contributed by atoms with E-state index in [4.69, 9.17) is 4.74 Å². The van der Waals surface area contributed by atoms with Gasteiger partial charge in [0.1, 0.15) is 11.6 Å². The summed E-state index contributed by atoms with van der Waals surface area (Å²) in [5.41, 5.74) is 0.117. The number of para-hydroxylation sites is 1. The molecule has 23 heavy (non-hydrogen) atoms. The second-order valence-corrected chi connectivity index (χ2v) is 6.57. The number of halogens is 1. The number of sulfonamides is 1. The summed E-state index contributed by atoms with van der Waals surface area (Å²) in [7, 11) is -4.00. The number of amides is 1. The molecule has 0 spiro atoms. The van der Waals surface area contributed by atoms with Gasteiger partial charge in [0.05, 0.1) is 29.3 Å². The van der Waals surface area contributed by atoms with Gasteiger partial charge in [0.2, 0.25) is 5.91 Å². The van der Waals surface area contributed by atoms with E-state index in [9.17, 15) is 17.6 Å². The van der Waals surface area contributed by atoms with Crippen LogP contribution in [-0.2, 0) is 14.8 Å². The summed E-state index contributed by atoms with van der Waals surface area (Å²) >= 11 is 0. The first-order valence-corrected chi connectivity index (χ1v) is 8.28. The quantitative estimate of drug-likeness (QED) is 0.901. The van der Waals surface area contributed by atoms with Crippen molar-refractivity contribution < 1.29 is 22.3 Å². The summed E-state index contributed by atoms with van der Waals surface area (Å²) in [5, 5.41) is 2.58. The van der Waals surface area contributed by atoms with Crippen LogP contribution in [0.25, 0.3) is 0 Å². The Bertz CT molecular complexity index is 868. The molecular formula is C15H13FN2O4S. The van der Waals surface area contributed by atoms with Gasteiger partial charge >= 0.3 is 0 Å². The van der Waals surface area contributed by atoms with Gasteiger partial charge in [0.15, 0.2) is 0 Å². The first-order chi connectivity index (χ1) is 11.0. The van der Waals surface area contributed by atoms with E-state index in [2.05, 4.69) is 10.0 Å². The van der Waals surface area contributed by atoms with Crippen LogP contribution >= 0.6 is 0 Å². The molecule has 1 aliphatic rings. The Kier molecular flexibility index (Phi) is 3.91. The Labute approximate surface area is 132 Å². The smallest absolute Gasteiger partial charge is 0.262 e. The molecule has 8 heteroatoms. The Morgan fingerprint density at radius 3 is 2.74 bits per heavy atom. The molecule has 0 fully saturated rings. The zero-order valence-corrected chi connectivity index (χ0v) is 12.7. The van der Waals surface area contributed by atoms with Crippen molar-refractivity contribution in [3.8, 4) is 5.75 Å². The van der Waals surface area contributed by atoms with Gasteiger partial charge in [-0.1, -0.05) is 12.1 Å². The number of nitrogens with one attached hydrogen (secondary N) is 2. The molecule has 1 amide bonds. The van der Waals surface area contributed by atoms with Gasteiger partial charge in [0.25, 0.3) is 10.0 Å². The number of hydrogen-bond acceptors (Lipinski definition) is 4. The first kappa shape index (κ1) is 15.3. The van der Waals surface area contributed by atoms with E-state index < -0.39 is 15.8 Å². The lowest BCUT2D eigenvalue weighted by Crippen LogP contribution is -2.15. The molecule has 2 aromatic rings. The number of benzene rings is 2. The Morgan fingerprint density at radius 2 is 1.96 bits per heavy atom. The number of fused-ring (bicyclic) bond motifs is 1. The molecule has 0 unspecified atom stereocenters.